The molecule has 0 aliphatic rings. The van der Waals surface area contributed by atoms with E-state index in [2.05, 4.69) is 20.2 Å². The molecule has 0 bridgehead atoms. The molecule has 0 amide bonds. The van der Waals surface area contributed by atoms with Crippen LogP contribution >= 0.6 is 11.3 Å². The third-order valence-electron chi connectivity index (χ3n) is 3.31. The fourth-order valence-corrected chi connectivity index (χ4v) is 2.90. The number of nitrogens with zero attached hydrogens (tertiary/aromatic N) is 5. The number of hydrogen-bond acceptors (Lipinski definition) is 8. The zero-order chi connectivity index (χ0) is 16.5. The molecule has 0 fully saturated rings. The number of carbonyl (C=O) groups excluding carboxylic acids is 1. The molecule has 24 heavy (non-hydrogen) atoms. The summed E-state index contributed by atoms with van der Waals surface area (Å²) in [5.74, 6) is 0.183. The maximum Gasteiger partial charge on any atom is 0.344 e. The predicted octanol–water partition coefficient (Wildman–Crippen LogP) is 2.51. The van der Waals surface area contributed by atoms with Gasteiger partial charge in [-0.1, -0.05) is 11.2 Å². The van der Waals surface area contributed by atoms with Crippen molar-refractivity contribution in [1.82, 2.24) is 24.7 Å². The largest absolute Gasteiger partial charge is 0.454 e. The van der Waals surface area contributed by atoms with E-state index >= 15 is 0 Å². The van der Waals surface area contributed by atoms with Crippen LogP contribution in [0.2, 0.25) is 0 Å². The summed E-state index contributed by atoms with van der Waals surface area (Å²) in [4.78, 5) is 21.6. The van der Waals surface area contributed by atoms with Crippen molar-refractivity contribution in [3.05, 3.63) is 53.1 Å². The summed E-state index contributed by atoms with van der Waals surface area (Å²) in [5, 5.41) is 9.97. The number of hydrogen-bond donors (Lipinski definition) is 0. The van der Waals surface area contributed by atoms with Crippen molar-refractivity contribution < 1.29 is 14.1 Å². The Bertz CT molecular complexity index is 1010. The van der Waals surface area contributed by atoms with Gasteiger partial charge < -0.3 is 9.26 Å². The topological polar surface area (TPSA) is 95.4 Å². The van der Waals surface area contributed by atoms with Gasteiger partial charge in [0.1, 0.15) is 5.56 Å². The summed E-state index contributed by atoms with van der Waals surface area (Å²) in [6.07, 6.45) is 3.32. The molecule has 0 unspecified atom stereocenters. The molecule has 0 atom stereocenters. The predicted molar refractivity (Wildman–Crippen MR) is 84.5 cm³/mol. The van der Waals surface area contributed by atoms with Gasteiger partial charge in [0.05, 0.1) is 10.6 Å². The Morgan fingerprint density at radius 3 is 3.17 bits per heavy atom. The molecule has 0 aliphatic heterocycles. The molecular weight excluding hydrogens is 330 g/mol. The first-order chi connectivity index (χ1) is 11.7. The molecule has 0 aliphatic carbocycles. The summed E-state index contributed by atoms with van der Waals surface area (Å²) in [5.41, 5.74) is 1.33. The summed E-state index contributed by atoms with van der Waals surface area (Å²) in [6.45, 7) is 1.64. The normalized spacial score (nSPS) is 11.0. The lowest BCUT2D eigenvalue weighted by Gasteiger charge is -2.00. The Labute approximate surface area is 139 Å². The standard InChI is InChI=1S/C15H11N5O3S/c1-9-12(13-16-5-3-6-20(13)18-9)15(21)22-8-11-17-14(23-19-11)10-4-2-7-24-10/h2-7H,8H2,1H3. The van der Waals surface area contributed by atoms with Crippen molar-refractivity contribution in [2.24, 2.45) is 0 Å². The van der Waals surface area contributed by atoms with Gasteiger partial charge in [0.15, 0.2) is 12.3 Å². The zero-order valence-electron chi connectivity index (χ0n) is 12.5. The number of esters is 1. The lowest BCUT2D eigenvalue weighted by molar-refractivity contribution is 0.0461. The van der Waals surface area contributed by atoms with E-state index in [-0.39, 0.29) is 6.61 Å². The minimum absolute atomic E-state index is 0.0860. The molecule has 9 heteroatoms. The van der Waals surface area contributed by atoms with E-state index in [4.69, 9.17) is 9.26 Å². The molecule has 0 saturated carbocycles. The van der Waals surface area contributed by atoms with E-state index in [0.29, 0.717) is 28.6 Å². The van der Waals surface area contributed by atoms with Crippen LogP contribution in [0, 0.1) is 6.92 Å². The highest BCUT2D eigenvalue weighted by Gasteiger charge is 2.20. The maximum atomic E-state index is 12.3. The van der Waals surface area contributed by atoms with Crippen molar-refractivity contribution in [3.8, 4) is 10.8 Å². The Hall–Kier alpha value is -3.07. The first-order valence-electron chi connectivity index (χ1n) is 7.06. The third kappa shape index (κ3) is 2.54. The highest BCUT2D eigenvalue weighted by molar-refractivity contribution is 7.13. The lowest BCUT2D eigenvalue weighted by atomic mass is 10.2. The third-order valence-corrected chi connectivity index (χ3v) is 4.16. The molecule has 0 N–H and O–H groups in total. The number of thiophene rings is 1. The van der Waals surface area contributed by atoms with E-state index in [1.807, 2.05) is 17.5 Å². The Kier molecular flexibility index (Phi) is 3.54. The summed E-state index contributed by atoms with van der Waals surface area (Å²) >= 11 is 1.49. The Balaban J connectivity index is 1.51. The van der Waals surface area contributed by atoms with E-state index < -0.39 is 5.97 Å². The van der Waals surface area contributed by atoms with Gasteiger partial charge in [0.25, 0.3) is 5.89 Å². The van der Waals surface area contributed by atoms with E-state index in [0.717, 1.165) is 4.88 Å². The highest BCUT2D eigenvalue weighted by Crippen LogP contribution is 2.22. The summed E-state index contributed by atoms with van der Waals surface area (Å²) in [7, 11) is 0. The minimum Gasteiger partial charge on any atom is -0.454 e. The minimum atomic E-state index is -0.524. The Morgan fingerprint density at radius 2 is 2.33 bits per heavy atom. The second-order valence-corrected chi connectivity index (χ2v) is 5.87. The fraction of sp³-hybridized carbons (Fsp3) is 0.133. The Morgan fingerprint density at radius 1 is 1.42 bits per heavy atom. The van der Waals surface area contributed by atoms with Gasteiger partial charge in [-0.15, -0.1) is 11.3 Å². The van der Waals surface area contributed by atoms with Crippen molar-refractivity contribution in [3.63, 3.8) is 0 Å². The van der Waals surface area contributed by atoms with Gasteiger partial charge in [-0.2, -0.15) is 10.1 Å². The monoisotopic (exact) mass is 341 g/mol. The number of ether oxygens (including phenoxy) is 1. The zero-order valence-corrected chi connectivity index (χ0v) is 13.4. The second-order valence-electron chi connectivity index (χ2n) is 4.92. The first kappa shape index (κ1) is 14.5. The van der Waals surface area contributed by atoms with Crippen molar-refractivity contribution in [1.29, 1.82) is 0 Å². The van der Waals surface area contributed by atoms with Crippen LogP contribution < -0.4 is 0 Å². The lowest BCUT2D eigenvalue weighted by Crippen LogP contribution is -2.07. The van der Waals surface area contributed by atoms with E-state index in [9.17, 15) is 4.79 Å². The van der Waals surface area contributed by atoms with Crippen LogP contribution in [0.4, 0.5) is 0 Å². The van der Waals surface area contributed by atoms with Crippen LogP contribution in [0.15, 0.2) is 40.5 Å². The van der Waals surface area contributed by atoms with Crippen LogP contribution in [0.5, 0.6) is 0 Å². The first-order valence-corrected chi connectivity index (χ1v) is 7.94. The van der Waals surface area contributed by atoms with Crippen LogP contribution in [-0.2, 0) is 11.3 Å². The van der Waals surface area contributed by atoms with Crippen LogP contribution in [0.3, 0.4) is 0 Å². The number of aromatic nitrogens is 5. The van der Waals surface area contributed by atoms with Gasteiger partial charge in [0.2, 0.25) is 5.82 Å². The van der Waals surface area contributed by atoms with Crippen molar-refractivity contribution >= 4 is 23.0 Å². The number of carbonyl (C=O) groups is 1. The number of aryl methyl sites for hydroxylation is 1. The molecule has 0 spiro atoms. The van der Waals surface area contributed by atoms with Gasteiger partial charge in [-0.05, 0) is 24.4 Å². The molecular formula is C15H11N5O3S. The second kappa shape index (κ2) is 5.85. The summed E-state index contributed by atoms with van der Waals surface area (Å²) < 4.78 is 12.0. The quantitative estimate of drug-likeness (QED) is 0.526. The molecule has 4 aromatic heterocycles. The molecule has 0 radical (unpaired) electrons. The number of rotatable bonds is 4. The average molecular weight is 341 g/mol. The van der Waals surface area contributed by atoms with Gasteiger partial charge in [-0.3, -0.25) is 0 Å². The van der Waals surface area contributed by atoms with Crippen LogP contribution in [0.25, 0.3) is 16.4 Å². The van der Waals surface area contributed by atoms with Crippen LogP contribution in [-0.4, -0.2) is 30.7 Å². The smallest absolute Gasteiger partial charge is 0.344 e. The fourth-order valence-electron chi connectivity index (χ4n) is 2.25. The van der Waals surface area contributed by atoms with Gasteiger partial charge in [-0.25, -0.2) is 14.3 Å². The van der Waals surface area contributed by atoms with Crippen molar-refractivity contribution in [2.45, 2.75) is 13.5 Å². The molecule has 4 rings (SSSR count). The molecule has 0 saturated heterocycles. The summed E-state index contributed by atoms with van der Waals surface area (Å²) in [6, 6.07) is 5.51. The van der Waals surface area contributed by atoms with E-state index in [1.165, 1.54) is 15.9 Å². The molecule has 0 aromatic carbocycles. The molecule has 8 nitrogen and oxygen atoms in total. The molecule has 4 heterocycles. The SMILES string of the molecule is Cc1nn2cccnc2c1C(=O)OCc1noc(-c2cccs2)n1. The van der Waals surface area contributed by atoms with Crippen LogP contribution in [0.1, 0.15) is 21.9 Å². The van der Waals surface area contributed by atoms with E-state index in [1.54, 1.807) is 25.4 Å². The maximum absolute atomic E-state index is 12.3. The molecule has 120 valence electrons. The highest BCUT2D eigenvalue weighted by atomic mass is 32.1. The average Bonchev–Trinajstić information content (AvgIpc) is 3.31. The van der Waals surface area contributed by atoms with Crippen molar-refractivity contribution in [2.75, 3.05) is 0 Å². The van der Waals surface area contributed by atoms with Gasteiger partial charge >= 0.3 is 5.97 Å². The van der Waals surface area contributed by atoms with Gasteiger partial charge in [0, 0.05) is 12.4 Å². The number of fused-ring (bicyclic) bond motifs is 1. The molecule has 4 aromatic rings.